The van der Waals surface area contributed by atoms with Gasteiger partial charge in [-0.15, -0.1) is 0 Å². The van der Waals surface area contributed by atoms with E-state index in [0.29, 0.717) is 6.42 Å². The van der Waals surface area contributed by atoms with E-state index in [0.717, 1.165) is 32.5 Å². The highest BCUT2D eigenvalue weighted by atomic mass is 16.3. The molecule has 0 aromatic rings. The number of aliphatic hydroxyl groups is 1. The van der Waals surface area contributed by atoms with E-state index in [1.54, 1.807) is 0 Å². The van der Waals surface area contributed by atoms with Crippen LogP contribution >= 0.6 is 0 Å². The van der Waals surface area contributed by atoms with E-state index in [-0.39, 0.29) is 5.91 Å². The molecule has 0 aromatic heterocycles. The van der Waals surface area contributed by atoms with Crippen molar-refractivity contribution in [1.82, 2.24) is 4.90 Å². The van der Waals surface area contributed by atoms with E-state index in [2.05, 4.69) is 25.7 Å². The number of hydrogen-bond acceptors (Lipinski definition) is 3. The van der Waals surface area contributed by atoms with E-state index in [4.69, 9.17) is 5.73 Å². The first-order valence-electron chi connectivity index (χ1n) is 13.6. The van der Waals surface area contributed by atoms with Crippen molar-refractivity contribution in [2.45, 2.75) is 149 Å². The fourth-order valence-electron chi connectivity index (χ4n) is 3.71. The van der Waals surface area contributed by atoms with Crippen molar-refractivity contribution in [2.75, 3.05) is 19.6 Å². The molecule has 0 bridgehead atoms. The first-order chi connectivity index (χ1) is 14.8. The lowest BCUT2D eigenvalue weighted by Crippen LogP contribution is -2.40. The summed E-state index contributed by atoms with van der Waals surface area (Å²) in [5.74, 6) is -0.153. The molecule has 0 aromatic carbocycles. The van der Waals surface area contributed by atoms with Crippen LogP contribution in [0.2, 0.25) is 0 Å². The normalized spacial score (nSPS) is 13.0. The number of carbonyl (C=O) groups excluding carboxylic acids is 1. The van der Waals surface area contributed by atoms with Crippen LogP contribution in [0.25, 0.3) is 0 Å². The third kappa shape index (κ3) is 27.4. The van der Waals surface area contributed by atoms with Crippen LogP contribution in [0, 0.1) is 0 Å². The lowest BCUT2D eigenvalue weighted by Gasteiger charge is -2.28. The lowest BCUT2D eigenvalue weighted by atomic mass is 10.0. The molecule has 0 saturated heterocycles. The summed E-state index contributed by atoms with van der Waals surface area (Å²) in [6.07, 6.45) is 21.7. The summed E-state index contributed by atoms with van der Waals surface area (Å²) >= 11 is 0. The van der Waals surface area contributed by atoms with Crippen LogP contribution in [-0.2, 0) is 4.79 Å². The number of hydrogen-bond donors (Lipinski definition) is 2. The molecule has 1 amide bonds. The van der Waals surface area contributed by atoms with Gasteiger partial charge < -0.3 is 15.7 Å². The van der Waals surface area contributed by atoms with Gasteiger partial charge in [0.05, 0.1) is 5.60 Å². The maximum absolute atomic E-state index is 10.6. The maximum Gasteiger partial charge on any atom is 0.217 e. The molecule has 0 radical (unpaired) electrons. The molecule has 1 unspecified atom stereocenters. The Balaban J connectivity index is 0. The first-order valence-corrected chi connectivity index (χ1v) is 13.6. The second kappa shape index (κ2) is 24.0. The Bertz CT molecular complexity index is 368. The Morgan fingerprint density at radius 1 is 0.710 bits per heavy atom. The molecule has 0 saturated carbocycles. The number of nitrogens with zero attached hydrogens (tertiary/aromatic N) is 1. The van der Waals surface area contributed by atoms with Crippen LogP contribution in [0.3, 0.4) is 0 Å². The summed E-state index contributed by atoms with van der Waals surface area (Å²) in [5.41, 5.74) is 4.60. The molecule has 3 N–H and O–H groups in total. The standard InChI is InChI=1S/C18H37NO.C9H21NO/c1-2-3-4-5-6-7-8-9-10-11-12-13-14-15-16-17-18(19)20;1-5-9(4,11)8-10(6-2)7-3/h2-17H2,1H3,(H2,19,20);11H,5-8H2,1-4H3. The average Bonchev–Trinajstić information content (AvgIpc) is 2.75. The molecule has 0 heterocycles. The van der Waals surface area contributed by atoms with Gasteiger partial charge in [0, 0.05) is 13.0 Å². The molecule has 0 aliphatic carbocycles. The van der Waals surface area contributed by atoms with E-state index < -0.39 is 5.60 Å². The predicted molar refractivity (Wildman–Crippen MR) is 137 cm³/mol. The van der Waals surface area contributed by atoms with Crippen LogP contribution in [0.1, 0.15) is 144 Å². The third-order valence-corrected chi connectivity index (χ3v) is 6.25. The largest absolute Gasteiger partial charge is 0.389 e. The van der Waals surface area contributed by atoms with Crippen molar-refractivity contribution < 1.29 is 9.90 Å². The zero-order valence-electron chi connectivity index (χ0n) is 22.0. The Kier molecular flexibility index (Phi) is 25.3. The number of amides is 1. The predicted octanol–water partition coefficient (Wildman–Crippen LogP) is 7.22. The van der Waals surface area contributed by atoms with Gasteiger partial charge in [-0.2, -0.15) is 0 Å². The number of nitrogens with two attached hydrogens (primary N) is 1. The quantitative estimate of drug-likeness (QED) is 0.184. The summed E-state index contributed by atoms with van der Waals surface area (Å²) in [5, 5.41) is 9.71. The SMILES string of the molecule is CCCCCCCCCCCCCCCCCC(N)=O.CCN(CC)CC(C)(O)CC. The second-order valence-corrected chi connectivity index (χ2v) is 9.48. The molecule has 0 spiro atoms. The minimum absolute atomic E-state index is 0.153. The van der Waals surface area contributed by atoms with E-state index in [9.17, 15) is 9.90 Å². The fraction of sp³-hybridized carbons (Fsp3) is 0.963. The molecule has 0 aliphatic heterocycles. The van der Waals surface area contributed by atoms with Gasteiger partial charge in [0.2, 0.25) is 5.91 Å². The van der Waals surface area contributed by atoms with Gasteiger partial charge in [-0.1, -0.05) is 118 Å². The van der Waals surface area contributed by atoms with Gasteiger partial charge in [-0.3, -0.25) is 4.79 Å². The van der Waals surface area contributed by atoms with Crippen LogP contribution in [-0.4, -0.2) is 41.1 Å². The number of likely N-dealkylation sites (N-methyl/N-ethyl adjacent to an activating group) is 1. The molecule has 31 heavy (non-hydrogen) atoms. The molecule has 188 valence electrons. The van der Waals surface area contributed by atoms with Gasteiger partial charge >= 0.3 is 0 Å². The minimum Gasteiger partial charge on any atom is -0.389 e. The topological polar surface area (TPSA) is 66.6 Å². The molecule has 4 nitrogen and oxygen atoms in total. The minimum atomic E-state index is -0.508. The van der Waals surface area contributed by atoms with Crippen LogP contribution in [0.5, 0.6) is 0 Å². The molecule has 1 atom stereocenters. The summed E-state index contributed by atoms with van der Waals surface area (Å²) < 4.78 is 0. The lowest BCUT2D eigenvalue weighted by molar-refractivity contribution is -0.118. The third-order valence-electron chi connectivity index (χ3n) is 6.25. The molecule has 0 aliphatic rings. The van der Waals surface area contributed by atoms with Crippen molar-refractivity contribution in [1.29, 1.82) is 0 Å². The highest BCUT2D eigenvalue weighted by Gasteiger charge is 2.19. The Morgan fingerprint density at radius 3 is 1.35 bits per heavy atom. The van der Waals surface area contributed by atoms with Gasteiger partial charge in [0.1, 0.15) is 0 Å². The molecule has 4 heteroatoms. The van der Waals surface area contributed by atoms with Crippen LogP contribution < -0.4 is 5.73 Å². The zero-order chi connectivity index (χ0) is 23.8. The van der Waals surface area contributed by atoms with Crippen molar-refractivity contribution in [2.24, 2.45) is 5.73 Å². The molecular formula is C27H58N2O2. The van der Waals surface area contributed by atoms with Crippen LogP contribution in [0.4, 0.5) is 0 Å². The van der Waals surface area contributed by atoms with E-state index in [1.807, 2.05) is 13.8 Å². The number of unbranched alkanes of at least 4 members (excludes halogenated alkanes) is 14. The van der Waals surface area contributed by atoms with Gasteiger partial charge in [-0.05, 0) is 32.9 Å². The monoisotopic (exact) mass is 442 g/mol. The first kappa shape index (κ1) is 32.6. The molecule has 0 rings (SSSR count). The zero-order valence-corrected chi connectivity index (χ0v) is 22.0. The van der Waals surface area contributed by atoms with Crippen LogP contribution in [0.15, 0.2) is 0 Å². The Hall–Kier alpha value is -0.610. The van der Waals surface area contributed by atoms with Crippen molar-refractivity contribution in [3.63, 3.8) is 0 Å². The number of rotatable bonds is 21. The summed E-state index contributed by atoms with van der Waals surface area (Å²) in [7, 11) is 0. The fourth-order valence-corrected chi connectivity index (χ4v) is 3.71. The highest BCUT2D eigenvalue weighted by Crippen LogP contribution is 2.13. The molecule has 0 fully saturated rings. The van der Waals surface area contributed by atoms with Gasteiger partial charge in [0.15, 0.2) is 0 Å². The smallest absolute Gasteiger partial charge is 0.217 e. The highest BCUT2D eigenvalue weighted by molar-refractivity contribution is 5.73. The van der Waals surface area contributed by atoms with Gasteiger partial charge in [-0.25, -0.2) is 0 Å². The Morgan fingerprint density at radius 2 is 1.06 bits per heavy atom. The number of carbonyl (C=O) groups is 1. The summed E-state index contributed by atoms with van der Waals surface area (Å²) in [4.78, 5) is 12.8. The Labute approximate surface area is 195 Å². The molecular weight excluding hydrogens is 384 g/mol. The number of primary amides is 1. The van der Waals surface area contributed by atoms with Crippen molar-refractivity contribution in [3.05, 3.63) is 0 Å². The average molecular weight is 443 g/mol. The van der Waals surface area contributed by atoms with E-state index in [1.165, 1.54) is 89.9 Å². The summed E-state index contributed by atoms with van der Waals surface area (Å²) in [6.45, 7) is 13.3. The van der Waals surface area contributed by atoms with Crippen molar-refractivity contribution in [3.8, 4) is 0 Å². The second-order valence-electron chi connectivity index (χ2n) is 9.48. The maximum atomic E-state index is 10.6. The van der Waals surface area contributed by atoms with Crippen molar-refractivity contribution >= 4 is 5.91 Å². The summed E-state index contributed by atoms with van der Waals surface area (Å²) in [6, 6.07) is 0. The van der Waals surface area contributed by atoms with Gasteiger partial charge in [0.25, 0.3) is 0 Å². The van der Waals surface area contributed by atoms with E-state index >= 15 is 0 Å².